The number of sulfonamides is 1. The topological polar surface area (TPSA) is 61.4 Å². The number of piperazine rings is 1. The fourth-order valence-electron chi connectivity index (χ4n) is 2.84. The third-order valence-electron chi connectivity index (χ3n) is 3.89. The number of nitrogens with one attached hydrogen (secondary N) is 2. The second-order valence-electron chi connectivity index (χ2n) is 5.42. The summed E-state index contributed by atoms with van der Waals surface area (Å²) in [5, 5.41) is 3.29. The van der Waals surface area contributed by atoms with Gasteiger partial charge in [-0.3, -0.25) is 4.90 Å². The molecule has 0 aromatic rings. The Morgan fingerprint density at radius 1 is 1.10 bits per heavy atom. The Hall–Kier alpha value is 0.410. The average molecular weight is 348 g/mol. The summed E-state index contributed by atoms with van der Waals surface area (Å²) in [6.45, 7) is 5.43. The van der Waals surface area contributed by atoms with Crippen molar-refractivity contribution in [3.63, 3.8) is 0 Å². The van der Waals surface area contributed by atoms with Gasteiger partial charge in [-0.25, -0.2) is 13.1 Å². The monoisotopic (exact) mass is 347 g/mol. The quantitative estimate of drug-likeness (QED) is 0.747. The summed E-state index contributed by atoms with van der Waals surface area (Å²) in [5.74, 6) is 0.718. The lowest BCUT2D eigenvalue weighted by Gasteiger charge is -2.27. The first kappa shape index (κ1) is 20.4. The fourth-order valence-corrected chi connectivity index (χ4v) is 4.31. The zero-order valence-corrected chi connectivity index (χ0v) is 14.3. The normalized spacial score (nSPS) is 21.2. The second kappa shape index (κ2) is 10.2. The van der Waals surface area contributed by atoms with Gasteiger partial charge >= 0.3 is 0 Å². The Bertz CT molecular complexity index is 343. The highest BCUT2D eigenvalue weighted by atomic mass is 35.5. The summed E-state index contributed by atoms with van der Waals surface area (Å²) in [7, 11) is -3.06. The first-order valence-corrected chi connectivity index (χ1v) is 8.71. The summed E-state index contributed by atoms with van der Waals surface area (Å²) in [6.07, 6.45) is 4.55. The van der Waals surface area contributed by atoms with Crippen molar-refractivity contribution in [2.24, 2.45) is 5.92 Å². The van der Waals surface area contributed by atoms with Crippen LogP contribution in [0, 0.1) is 5.92 Å². The molecule has 0 aromatic heterocycles. The van der Waals surface area contributed by atoms with Gasteiger partial charge in [0.25, 0.3) is 0 Å². The summed E-state index contributed by atoms with van der Waals surface area (Å²) >= 11 is 0. The number of hydrogen-bond donors (Lipinski definition) is 2. The Balaban J connectivity index is 0.00000180. The van der Waals surface area contributed by atoms with Gasteiger partial charge in [0.2, 0.25) is 10.0 Å². The minimum atomic E-state index is -3.06. The van der Waals surface area contributed by atoms with E-state index in [1.165, 1.54) is 12.8 Å². The molecule has 0 atom stereocenters. The van der Waals surface area contributed by atoms with Crippen molar-refractivity contribution in [1.82, 2.24) is 14.9 Å². The van der Waals surface area contributed by atoms with E-state index >= 15 is 0 Å². The molecule has 2 rings (SSSR count). The van der Waals surface area contributed by atoms with Crippen LogP contribution in [0.2, 0.25) is 0 Å². The molecule has 2 aliphatic rings. The maximum absolute atomic E-state index is 11.9. The molecule has 8 heteroatoms. The molecule has 0 spiro atoms. The summed E-state index contributed by atoms with van der Waals surface area (Å²) in [6, 6.07) is 0. The van der Waals surface area contributed by atoms with Crippen LogP contribution in [-0.4, -0.2) is 58.3 Å². The Kier molecular flexibility index (Phi) is 10.4. The van der Waals surface area contributed by atoms with Crippen molar-refractivity contribution >= 4 is 34.8 Å². The van der Waals surface area contributed by atoms with E-state index in [1.807, 2.05) is 0 Å². The van der Waals surface area contributed by atoms with Crippen molar-refractivity contribution in [3.8, 4) is 0 Å². The van der Waals surface area contributed by atoms with Gasteiger partial charge in [-0.1, -0.05) is 12.8 Å². The van der Waals surface area contributed by atoms with Crippen LogP contribution < -0.4 is 10.0 Å². The lowest BCUT2D eigenvalue weighted by Crippen LogP contribution is -2.46. The molecule has 0 aromatic carbocycles. The van der Waals surface area contributed by atoms with Crippen LogP contribution >= 0.6 is 24.8 Å². The third-order valence-corrected chi connectivity index (χ3v) is 5.44. The van der Waals surface area contributed by atoms with E-state index in [9.17, 15) is 8.42 Å². The van der Waals surface area contributed by atoms with E-state index < -0.39 is 10.0 Å². The van der Waals surface area contributed by atoms with E-state index in [0.29, 0.717) is 18.2 Å². The molecular formula is C12H27Cl2N3O2S. The molecule has 2 N–H and O–H groups in total. The van der Waals surface area contributed by atoms with Crippen LogP contribution in [0.4, 0.5) is 0 Å². The van der Waals surface area contributed by atoms with Crippen LogP contribution in [0.15, 0.2) is 0 Å². The van der Waals surface area contributed by atoms with Crippen molar-refractivity contribution in [1.29, 1.82) is 0 Å². The maximum atomic E-state index is 11.9. The van der Waals surface area contributed by atoms with E-state index in [2.05, 4.69) is 14.9 Å². The molecule has 5 nitrogen and oxygen atoms in total. The van der Waals surface area contributed by atoms with Crippen molar-refractivity contribution < 1.29 is 8.42 Å². The summed E-state index contributed by atoms with van der Waals surface area (Å²) < 4.78 is 26.5. The van der Waals surface area contributed by atoms with Gasteiger partial charge in [0.1, 0.15) is 0 Å². The zero-order valence-electron chi connectivity index (χ0n) is 11.8. The highest BCUT2D eigenvalue weighted by molar-refractivity contribution is 7.89. The van der Waals surface area contributed by atoms with E-state index in [-0.39, 0.29) is 24.8 Å². The smallest absolute Gasteiger partial charge is 0.211 e. The first-order chi connectivity index (χ1) is 8.66. The van der Waals surface area contributed by atoms with E-state index in [4.69, 9.17) is 0 Å². The molecule has 20 heavy (non-hydrogen) atoms. The van der Waals surface area contributed by atoms with Gasteiger partial charge < -0.3 is 5.32 Å². The molecule has 2 fully saturated rings. The Labute approximate surface area is 135 Å². The molecule has 1 heterocycles. The molecule has 0 bridgehead atoms. The van der Waals surface area contributed by atoms with Gasteiger partial charge in [0.05, 0.1) is 5.75 Å². The van der Waals surface area contributed by atoms with Crippen molar-refractivity contribution in [2.75, 3.05) is 45.0 Å². The number of nitrogens with zero attached hydrogens (tertiary/aromatic N) is 1. The largest absolute Gasteiger partial charge is 0.314 e. The Morgan fingerprint density at radius 3 is 2.30 bits per heavy atom. The van der Waals surface area contributed by atoms with Gasteiger partial charge in [-0.15, -0.1) is 24.8 Å². The lowest BCUT2D eigenvalue weighted by atomic mass is 10.1. The zero-order chi connectivity index (χ0) is 12.8. The van der Waals surface area contributed by atoms with Gasteiger partial charge in [0.15, 0.2) is 0 Å². The standard InChI is InChI=1S/C12H25N3O2S.2ClH/c16-18(17,11-12-3-1-2-4-12)14-7-10-15-8-5-13-6-9-15;;/h12-14H,1-11H2;2*1H. The van der Waals surface area contributed by atoms with Crippen LogP contribution in [-0.2, 0) is 10.0 Å². The summed E-state index contributed by atoms with van der Waals surface area (Å²) in [5.41, 5.74) is 0. The number of halogens is 2. The predicted molar refractivity (Wildman–Crippen MR) is 87.6 cm³/mol. The van der Waals surface area contributed by atoms with Crippen molar-refractivity contribution in [3.05, 3.63) is 0 Å². The molecule has 1 aliphatic heterocycles. The van der Waals surface area contributed by atoms with Gasteiger partial charge in [-0.05, 0) is 18.8 Å². The molecule has 0 unspecified atom stereocenters. The summed E-state index contributed by atoms with van der Waals surface area (Å²) in [4.78, 5) is 2.30. The van der Waals surface area contributed by atoms with Crippen LogP contribution in [0.3, 0.4) is 0 Å². The van der Waals surface area contributed by atoms with E-state index in [1.54, 1.807) is 0 Å². The minimum Gasteiger partial charge on any atom is -0.314 e. The third kappa shape index (κ3) is 7.43. The predicted octanol–water partition coefficient (Wildman–Crippen LogP) is 0.845. The van der Waals surface area contributed by atoms with Crippen LogP contribution in [0.5, 0.6) is 0 Å². The molecule has 1 saturated heterocycles. The van der Waals surface area contributed by atoms with E-state index in [0.717, 1.165) is 45.6 Å². The molecule has 0 amide bonds. The van der Waals surface area contributed by atoms with Crippen molar-refractivity contribution in [2.45, 2.75) is 25.7 Å². The fraction of sp³-hybridized carbons (Fsp3) is 1.00. The highest BCUT2D eigenvalue weighted by Gasteiger charge is 2.22. The highest BCUT2D eigenvalue weighted by Crippen LogP contribution is 2.25. The average Bonchev–Trinajstić information content (AvgIpc) is 2.82. The lowest BCUT2D eigenvalue weighted by molar-refractivity contribution is 0.245. The minimum absolute atomic E-state index is 0. The number of hydrogen-bond acceptors (Lipinski definition) is 4. The molecular weight excluding hydrogens is 321 g/mol. The molecule has 122 valence electrons. The van der Waals surface area contributed by atoms with Crippen LogP contribution in [0.1, 0.15) is 25.7 Å². The number of rotatable bonds is 6. The Morgan fingerprint density at radius 2 is 1.70 bits per heavy atom. The SMILES string of the molecule is Cl.Cl.O=S(=O)(CC1CCCC1)NCCN1CCNCC1. The van der Waals surface area contributed by atoms with Crippen LogP contribution in [0.25, 0.3) is 0 Å². The van der Waals surface area contributed by atoms with Gasteiger partial charge in [0, 0.05) is 39.3 Å². The molecule has 1 saturated carbocycles. The molecule has 0 radical (unpaired) electrons. The first-order valence-electron chi connectivity index (χ1n) is 7.06. The second-order valence-corrected chi connectivity index (χ2v) is 7.27. The maximum Gasteiger partial charge on any atom is 0.211 e. The van der Waals surface area contributed by atoms with Gasteiger partial charge in [-0.2, -0.15) is 0 Å². The molecule has 1 aliphatic carbocycles.